The molecule has 0 aliphatic heterocycles. The molecule has 0 radical (unpaired) electrons. The van der Waals surface area contributed by atoms with E-state index in [1.165, 1.54) is 29.8 Å². The summed E-state index contributed by atoms with van der Waals surface area (Å²) in [7, 11) is 0. The SMILES string of the molecule is C=CN=C(C)/C(C)=C(C)/C(=C\C)C(=O)CC.CC.CC.CC.CC(=O)c1ccc(C#N)cc1.Cc1ccc(C)c(C)c1. The highest BCUT2D eigenvalue weighted by molar-refractivity contribution is 6.05. The highest BCUT2D eigenvalue weighted by atomic mass is 16.1. The van der Waals surface area contributed by atoms with Crippen LogP contribution in [0.15, 0.2) is 83.0 Å². The van der Waals surface area contributed by atoms with Crippen molar-refractivity contribution in [2.45, 2.75) is 110 Å². The summed E-state index contributed by atoms with van der Waals surface area (Å²) >= 11 is 0. The second kappa shape index (κ2) is 28.7. The molecule has 0 saturated carbocycles. The Morgan fingerprint density at radius 1 is 0.833 bits per heavy atom. The average molecular weight is 575 g/mol. The molecule has 0 atom stereocenters. The number of benzene rings is 2. The Balaban J connectivity index is -0.000000243. The summed E-state index contributed by atoms with van der Waals surface area (Å²) in [6, 6.07) is 15.1. The van der Waals surface area contributed by atoms with Gasteiger partial charge in [-0.1, -0.05) is 97.0 Å². The van der Waals surface area contributed by atoms with Crippen molar-refractivity contribution in [3.05, 3.63) is 106 Å². The number of carbonyl (C=O) groups is 2. The van der Waals surface area contributed by atoms with Gasteiger partial charge in [0.2, 0.25) is 0 Å². The largest absolute Gasteiger partial charge is 0.295 e. The van der Waals surface area contributed by atoms with E-state index < -0.39 is 0 Å². The van der Waals surface area contributed by atoms with E-state index in [1.54, 1.807) is 24.3 Å². The Bertz CT molecular complexity index is 1190. The number of carbonyl (C=O) groups excluding carboxylic acids is 2. The monoisotopic (exact) mass is 574 g/mol. The van der Waals surface area contributed by atoms with E-state index in [0.29, 0.717) is 17.5 Å². The fraction of sp³-hybridized carbons (Fsp3) is 0.421. The van der Waals surface area contributed by atoms with Gasteiger partial charge >= 0.3 is 0 Å². The smallest absolute Gasteiger partial charge is 0.162 e. The summed E-state index contributed by atoms with van der Waals surface area (Å²) in [6.07, 6.45) is 3.91. The summed E-state index contributed by atoms with van der Waals surface area (Å²) in [5.74, 6) is 0.195. The Hall–Kier alpha value is -3.84. The fourth-order valence-electron chi connectivity index (χ4n) is 3.16. The van der Waals surface area contributed by atoms with Crippen molar-refractivity contribution in [2.24, 2.45) is 4.99 Å². The van der Waals surface area contributed by atoms with Crippen LogP contribution in [0.3, 0.4) is 0 Å². The number of ketones is 2. The minimum absolute atomic E-state index is 0.0227. The van der Waals surface area contributed by atoms with Crippen LogP contribution in [-0.4, -0.2) is 17.3 Å². The van der Waals surface area contributed by atoms with E-state index in [-0.39, 0.29) is 11.6 Å². The molecule has 0 N–H and O–H groups in total. The summed E-state index contributed by atoms with van der Waals surface area (Å²) in [5.41, 5.74) is 9.05. The molecule has 0 aromatic heterocycles. The van der Waals surface area contributed by atoms with Crippen molar-refractivity contribution >= 4 is 17.3 Å². The van der Waals surface area contributed by atoms with Crippen LogP contribution >= 0.6 is 0 Å². The van der Waals surface area contributed by atoms with Crippen LogP contribution in [0.2, 0.25) is 0 Å². The summed E-state index contributed by atoms with van der Waals surface area (Å²) in [5, 5.41) is 8.43. The standard InChI is InChI=1S/C14H21NO.C9H7NO.C9H12.3C2H6/c1-7-13(14(16)8-2)11(5)10(4)12(6)15-9-3;1-7(11)9-4-2-8(6-10)3-5-9;1-7-4-5-8(2)9(3)6-7;3*1-2/h7,9H,3,8H2,1-2,4-6H3;2-5H,1H3;4-6H,1-3H3;3*1-2H3/b11-10+,13-7+,15-12?;;;;;. The van der Waals surface area contributed by atoms with E-state index in [9.17, 15) is 9.59 Å². The first-order valence-corrected chi connectivity index (χ1v) is 15.0. The molecule has 2 rings (SSSR count). The maximum atomic E-state index is 11.7. The summed E-state index contributed by atoms with van der Waals surface area (Å²) in [6.45, 7) is 33.1. The van der Waals surface area contributed by atoms with Crippen molar-refractivity contribution in [3.8, 4) is 6.07 Å². The van der Waals surface area contributed by atoms with Crippen LogP contribution in [0, 0.1) is 32.1 Å². The van der Waals surface area contributed by atoms with Crippen molar-refractivity contribution in [1.29, 1.82) is 5.26 Å². The van der Waals surface area contributed by atoms with Gasteiger partial charge in [0, 0.05) is 29.5 Å². The molecule has 0 saturated heterocycles. The number of nitriles is 1. The first-order chi connectivity index (χ1) is 19.9. The maximum absolute atomic E-state index is 11.7. The quantitative estimate of drug-likeness (QED) is 0.149. The topological polar surface area (TPSA) is 70.3 Å². The van der Waals surface area contributed by atoms with Crippen molar-refractivity contribution < 1.29 is 9.59 Å². The third kappa shape index (κ3) is 19.3. The third-order valence-electron chi connectivity index (χ3n) is 5.79. The van der Waals surface area contributed by atoms with Gasteiger partial charge in [-0.3, -0.25) is 14.6 Å². The lowest BCUT2D eigenvalue weighted by molar-refractivity contribution is -0.115. The van der Waals surface area contributed by atoms with Crippen LogP contribution in [0.1, 0.15) is 122 Å². The number of nitrogens with zero attached hydrogens (tertiary/aromatic N) is 2. The lowest BCUT2D eigenvalue weighted by Crippen LogP contribution is -2.06. The molecule has 42 heavy (non-hydrogen) atoms. The maximum Gasteiger partial charge on any atom is 0.162 e. The molecule has 4 nitrogen and oxygen atoms in total. The summed E-state index contributed by atoms with van der Waals surface area (Å²) in [4.78, 5) is 26.6. The van der Waals surface area contributed by atoms with E-state index in [0.717, 1.165) is 22.4 Å². The molecule has 2 aromatic carbocycles. The third-order valence-corrected chi connectivity index (χ3v) is 5.79. The molecule has 0 aliphatic rings. The predicted molar refractivity (Wildman–Crippen MR) is 187 cm³/mol. The molecule has 0 bridgehead atoms. The van der Waals surface area contributed by atoms with Crippen LogP contribution < -0.4 is 0 Å². The number of aryl methyl sites for hydroxylation is 3. The molecule has 2 aromatic rings. The molecule has 0 unspecified atom stereocenters. The number of rotatable bonds is 6. The van der Waals surface area contributed by atoms with E-state index >= 15 is 0 Å². The number of hydrogen-bond donors (Lipinski definition) is 0. The van der Waals surface area contributed by atoms with Gasteiger partial charge in [-0.15, -0.1) is 0 Å². The van der Waals surface area contributed by atoms with E-state index in [1.807, 2.05) is 88.3 Å². The van der Waals surface area contributed by atoms with Gasteiger partial charge in [-0.25, -0.2) is 0 Å². The zero-order valence-electron chi connectivity index (χ0n) is 29.3. The number of hydrogen-bond acceptors (Lipinski definition) is 4. The molecule has 232 valence electrons. The first kappa shape index (κ1) is 45.2. The molecule has 0 amide bonds. The predicted octanol–water partition coefficient (Wildman–Crippen LogP) is 11.3. The molecule has 0 fully saturated rings. The van der Waals surface area contributed by atoms with Gasteiger partial charge in [-0.05, 0) is 89.8 Å². The molecule has 0 aliphatic carbocycles. The van der Waals surface area contributed by atoms with Gasteiger partial charge in [0.15, 0.2) is 11.6 Å². The molecular formula is C38H58N2O2. The summed E-state index contributed by atoms with van der Waals surface area (Å²) < 4.78 is 0. The van der Waals surface area contributed by atoms with Crippen molar-refractivity contribution in [2.75, 3.05) is 0 Å². The lowest BCUT2D eigenvalue weighted by Gasteiger charge is -2.10. The molecule has 4 heteroatoms. The van der Waals surface area contributed by atoms with Gasteiger partial charge < -0.3 is 0 Å². The van der Waals surface area contributed by atoms with Gasteiger partial charge in [0.25, 0.3) is 0 Å². The number of aliphatic imine (C=N–C) groups is 1. The minimum Gasteiger partial charge on any atom is -0.295 e. The van der Waals surface area contributed by atoms with Crippen molar-refractivity contribution in [1.82, 2.24) is 0 Å². The van der Waals surface area contributed by atoms with Gasteiger partial charge in [0.1, 0.15) is 0 Å². The minimum atomic E-state index is 0.0227. The number of allylic oxidation sites excluding steroid dienone is 4. The molecule has 0 spiro atoms. The zero-order chi connectivity index (χ0) is 33.8. The van der Waals surface area contributed by atoms with Crippen LogP contribution in [0.4, 0.5) is 0 Å². The van der Waals surface area contributed by atoms with E-state index in [2.05, 4.69) is 50.5 Å². The molecule has 0 heterocycles. The second-order valence-electron chi connectivity index (χ2n) is 8.46. The normalized spacial score (nSPS) is 10.3. The lowest BCUT2D eigenvalue weighted by atomic mass is 9.95. The fourth-order valence-corrected chi connectivity index (χ4v) is 3.16. The highest BCUT2D eigenvalue weighted by Gasteiger charge is 2.11. The number of Topliss-reactive ketones (excluding diaryl/α,β-unsaturated/α-hetero) is 2. The molecular weight excluding hydrogens is 516 g/mol. The first-order valence-electron chi connectivity index (χ1n) is 15.0. The Morgan fingerprint density at radius 3 is 1.67 bits per heavy atom. The van der Waals surface area contributed by atoms with Gasteiger partial charge in [0.05, 0.1) is 11.6 Å². The Labute approximate surface area is 259 Å². The Kier molecular flexibility index (Phi) is 30.8. The van der Waals surface area contributed by atoms with Crippen molar-refractivity contribution in [3.63, 3.8) is 0 Å². The zero-order valence-corrected chi connectivity index (χ0v) is 29.3. The second-order valence-corrected chi connectivity index (χ2v) is 8.46. The van der Waals surface area contributed by atoms with Crippen LogP contribution in [0.25, 0.3) is 0 Å². The Morgan fingerprint density at radius 2 is 1.33 bits per heavy atom. The highest BCUT2D eigenvalue weighted by Crippen LogP contribution is 2.18. The average Bonchev–Trinajstić information content (AvgIpc) is 3.02. The van der Waals surface area contributed by atoms with Crippen LogP contribution in [0.5, 0.6) is 0 Å². The van der Waals surface area contributed by atoms with E-state index in [4.69, 9.17) is 5.26 Å². The van der Waals surface area contributed by atoms with Crippen LogP contribution in [-0.2, 0) is 4.79 Å². The van der Waals surface area contributed by atoms with Gasteiger partial charge in [-0.2, -0.15) is 5.26 Å².